The molecular weight excluding hydrogens is 204 g/mol. The first-order valence-electron chi connectivity index (χ1n) is 5.18. The molecule has 0 unspecified atom stereocenters. The molecule has 4 heteroatoms. The lowest BCUT2D eigenvalue weighted by Gasteiger charge is -2.28. The minimum Gasteiger partial charge on any atom is -0.481 e. The number of rotatable bonds is 2. The fourth-order valence-electron chi connectivity index (χ4n) is 1.93. The minimum atomic E-state index is -0.0449. The van der Waals surface area contributed by atoms with E-state index in [9.17, 15) is 4.79 Å². The van der Waals surface area contributed by atoms with Crippen LogP contribution in [0.5, 0.6) is 5.88 Å². The van der Waals surface area contributed by atoms with Gasteiger partial charge in [0.05, 0.1) is 13.7 Å². The number of hydrogen-bond acceptors (Lipinski definition) is 3. The van der Waals surface area contributed by atoms with E-state index in [2.05, 4.69) is 11.6 Å². The normalized spacial score (nSPS) is 14.2. The van der Waals surface area contributed by atoms with Crippen molar-refractivity contribution >= 4 is 5.91 Å². The largest absolute Gasteiger partial charge is 0.481 e. The minimum absolute atomic E-state index is 0.0449. The molecule has 1 aliphatic rings. The fraction of sp³-hybridized carbons (Fsp3) is 0.333. The van der Waals surface area contributed by atoms with Crippen molar-refractivity contribution < 1.29 is 9.53 Å². The van der Waals surface area contributed by atoms with Crippen molar-refractivity contribution in [3.05, 3.63) is 36.0 Å². The molecule has 0 saturated carbocycles. The van der Waals surface area contributed by atoms with Crippen molar-refractivity contribution in [2.75, 3.05) is 13.7 Å². The highest BCUT2D eigenvalue weighted by molar-refractivity contribution is 5.87. The van der Waals surface area contributed by atoms with Crippen LogP contribution in [0.4, 0.5) is 0 Å². The van der Waals surface area contributed by atoms with Crippen LogP contribution >= 0.6 is 0 Å². The highest BCUT2D eigenvalue weighted by Gasteiger charge is 2.22. The van der Waals surface area contributed by atoms with Crippen molar-refractivity contribution in [1.82, 2.24) is 9.88 Å². The zero-order chi connectivity index (χ0) is 11.5. The maximum Gasteiger partial charge on any atom is 0.246 e. The van der Waals surface area contributed by atoms with E-state index < -0.39 is 0 Å². The molecule has 2 rings (SSSR count). The zero-order valence-electron chi connectivity index (χ0n) is 9.27. The summed E-state index contributed by atoms with van der Waals surface area (Å²) in [6, 6.07) is 1.98. The third-order valence-corrected chi connectivity index (χ3v) is 2.79. The summed E-state index contributed by atoms with van der Waals surface area (Å²) in [5, 5.41) is 0. The standard InChI is InChI=1S/C12H14N2O2/c1-3-11(15)14-7-5-9-4-6-13-12(16-2)10(9)8-14/h3-4,6H,1,5,7-8H2,2H3. The van der Waals surface area contributed by atoms with E-state index >= 15 is 0 Å². The van der Waals surface area contributed by atoms with Gasteiger partial charge in [0.25, 0.3) is 0 Å². The second-order valence-electron chi connectivity index (χ2n) is 3.67. The molecule has 0 atom stereocenters. The summed E-state index contributed by atoms with van der Waals surface area (Å²) in [5.74, 6) is 0.565. The number of aromatic nitrogens is 1. The number of carbonyl (C=O) groups is 1. The van der Waals surface area contributed by atoms with Gasteiger partial charge in [-0.2, -0.15) is 0 Å². The molecule has 0 spiro atoms. The predicted octanol–water partition coefficient (Wildman–Crippen LogP) is 1.16. The fourth-order valence-corrected chi connectivity index (χ4v) is 1.93. The lowest BCUT2D eigenvalue weighted by atomic mass is 10.0. The topological polar surface area (TPSA) is 42.4 Å². The van der Waals surface area contributed by atoms with Gasteiger partial charge in [0.1, 0.15) is 0 Å². The summed E-state index contributed by atoms with van der Waals surface area (Å²) >= 11 is 0. The van der Waals surface area contributed by atoms with E-state index in [0.29, 0.717) is 12.4 Å². The Hall–Kier alpha value is -1.84. The van der Waals surface area contributed by atoms with Gasteiger partial charge in [-0.3, -0.25) is 4.79 Å². The van der Waals surface area contributed by atoms with Crippen LogP contribution in [0.15, 0.2) is 24.9 Å². The quantitative estimate of drug-likeness (QED) is 0.699. The number of amides is 1. The van der Waals surface area contributed by atoms with Crippen LogP contribution in [0, 0.1) is 0 Å². The molecule has 16 heavy (non-hydrogen) atoms. The summed E-state index contributed by atoms with van der Waals surface area (Å²) < 4.78 is 5.20. The smallest absolute Gasteiger partial charge is 0.246 e. The number of hydrogen-bond donors (Lipinski definition) is 0. The Balaban J connectivity index is 2.31. The van der Waals surface area contributed by atoms with Gasteiger partial charge in [-0.05, 0) is 24.1 Å². The number of ether oxygens (including phenoxy) is 1. The van der Waals surface area contributed by atoms with Gasteiger partial charge in [-0.25, -0.2) is 4.98 Å². The molecule has 0 aliphatic carbocycles. The number of carbonyl (C=O) groups excluding carboxylic acids is 1. The van der Waals surface area contributed by atoms with Crippen LogP contribution in [0.25, 0.3) is 0 Å². The lowest BCUT2D eigenvalue weighted by molar-refractivity contribution is -0.126. The average Bonchev–Trinajstić information content (AvgIpc) is 2.36. The van der Waals surface area contributed by atoms with Gasteiger partial charge >= 0.3 is 0 Å². The SMILES string of the molecule is C=CC(=O)N1CCc2ccnc(OC)c2C1. The molecular formula is C12H14N2O2. The summed E-state index contributed by atoms with van der Waals surface area (Å²) in [6.07, 6.45) is 3.92. The maximum atomic E-state index is 11.5. The molecule has 4 nitrogen and oxygen atoms in total. The number of pyridine rings is 1. The van der Waals surface area contributed by atoms with Gasteiger partial charge in [-0.15, -0.1) is 0 Å². The van der Waals surface area contributed by atoms with Crippen molar-refractivity contribution in [3.63, 3.8) is 0 Å². The lowest BCUT2D eigenvalue weighted by Crippen LogP contribution is -2.35. The maximum absolute atomic E-state index is 11.5. The zero-order valence-corrected chi connectivity index (χ0v) is 9.27. The molecule has 0 radical (unpaired) electrons. The van der Waals surface area contributed by atoms with E-state index in [1.54, 1.807) is 18.2 Å². The first kappa shape index (κ1) is 10.7. The Labute approximate surface area is 94.5 Å². The van der Waals surface area contributed by atoms with Gasteiger partial charge in [0.15, 0.2) is 0 Å². The van der Waals surface area contributed by atoms with Crippen molar-refractivity contribution in [3.8, 4) is 5.88 Å². The van der Waals surface area contributed by atoms with E-state index in [-0.39, 0.29) is 5.91 Å². The molecule has 84 valence electrons. The van der Waals surface area contributed by atoms with E-state index in [1.807, 2.05) is 6.07 Å². The van der Waals surface area contributed by atoms with Gasteiger partial charge < -0.3 is 9.64 Å². The Morgan fingerprint density at radius 3 is 3.19 bits per heavy atom. The van der Waals surface area contributed by atoms with Crippen LogP contribution in [-0.2, 0) is 17.8 Å². The van der Waals surface area contributed by atoms with Gasteiger partial charge in [0, 0.05) is 18.3 Å². The van der Waals surface area contributed by atoms with Crippen LogP contribution in [-0.4, -0.2) is 29.4 Å². The van der Waals surface area contributed by atoms with Crippen molar-refractivity contribution in [2.45, 2.75) is 13.0 Å². The molecule has 0 bridgehead atoms. The number of fused-ring (bicyclic) bond motifs is 1. The van der Waals surface area contributed by atoms with Crippen molar-refractivity contribution in [2.24, 2.45) is 0 Å². The molecule has 0 fully saturated rings. The molecule has 1 aliphatic heterocycles. The second-order valence-corrected chi connectivity index (χ2v) is 3.67. The third kappa shape index (κ3) is 1.78. The number of nitrogens with zero attached hydrogens (tertiary/aromatic N) is 2. The monoisotopic (exact) mass is 218 g/mol. The molecule has 0 aromatic carbocycles. The highest BCUT2D eigenvalue weighted by Crippen LogP contribution is 2.25. The Bertz CT molecular complexity index is 415. The van der Waals surface area contributed by atoms with E-state index in [0.717, 1.165) is 18.5 Å². The Kier molecular flexibility index (Phi) is 2.90. The predicted molar refractivity (Wildman–Crippen MR) is 60.1 cm³/mol. The number of methoxy groups -OCH3 is 1. The molecule has 0 saturated heterocycles. The van der Waals surface area contributed by atoms with E-state index in [4.69, 9.17) is 4.74 Å². The molecule has 0 N–H and O–H groups in total. The van der Waals surface area contributed by atoms with Crippen LogP contribution in [0.3, 0.4) is 0 Å². The van der Waals surface area contributed by atoms with E-state index in [1.165, 1.54) is 11.6 Å². The summed E-state index contributed by atoms with van der Waals surface area (Å²) in [4.78, 5) is 17.4. The van der Waals surface area contributed by atoms with Gasteiger partial charge in [-0.1, -0.05) is 6.58 Å². The summed E-state index contributed by atoms with van der Waals surface area (Å²) in [5.41, 5.74) is 2.21. The highest BCUT2D eigenvalue weighted by atomic mass is 16.5. The van der Waals surface area contributed by atoms with Crippen LogP contribution < -0.4 is 4.74 Å². The Morgan fingerprint density at radius 2 is 2.50 bits per heavy atom. The summed E-state index contributed by atoms with van der Waals surface area (Å²) in [7, 11) is 1.59. The second kappa shape index (κ2) is 4.35. The molecule has 1 aromatic heterocycles. The van der Waals surface area contributed by atoms with Crippen molar-refractivity contribution in [1.29, 1.82) is 0 Å². The molecule has 1 aromatic rings. The van der Waals surface area contributed by atoms with Crippen LogP contribution in [0.1, 0.15) is 11.1 Å². The first-order valence-corrected chi connectivity index (χ1v) is 5.18. The molecule has 2 heterocycles. The summed E-state index contributed by atoms with van der Waals surface area (Å²) in [6.45, 7) is 4.78. The third-order valence-electron chi connectivity index (χ3n) is 2.79. The van der Waals surface area contributed by atoms with Crippen LogP contribution in [0.2, 0.25) is 0 Å². The first-order chi connectivity index (χ1) is 7.76. The average molecular weight is 218 g/mol. The Morgan fingerprint density at radius 1 is 1.69 bits per heavy atom. The van der Waals surface area contributed by atoms with Gasteiger partial charge in [0.2, 0.25) is 11.8 Å². The molecule has 1 amide bonds.